The Morgan fingerprint density at radius 3 is 0.776 bits per heavy atom. The Bertz CT molecular complexity index is 936. The molecule has 0 aromatic carbocycles. The molecule has 67 heavy (non-hydrogen) atoms. The van der Waals surface area contributed by atoms with Crippen molar-refractivity contribution in [3.63, 3.8) is 0 Å². The van der Waals surface area contributed by atoms with E-state index in [0.717, 1.165) is 25.7 Å². The lowest BCUT2D eigenvalue weighted by atomic mass is 10.0. The summed E-state index contributed by atoms with van der Waals surface area (Å²) >= 11 is 0. The first-order chi connectivity index (χ1) is 33.2. The van der Waals surface area contributed by atoms with Crippen LogP contribution in [0.25, 0.3) is 0 Å². The van der Waals surface area contributed by atoms with Crippen LogP contribution < -0.4 is 5.32 Å². The van der Waals surface area contributed by atoms with Gasteiger partial charge in [-0.2, -0.15) is 0 Å². The van der Waals surface area contributed by atoms with Crippen LogP contribution in [0.5, 0.6) is 0 Å². The van der Waals surface area contributed by atoms with Crippen LogP contribution in [0.3, 0.4) is 0 Å². The third kappa shape index (κ3) is 55.9. The Labute approximate surface area is 422 Å². The standard InChI is InChI=1S/C63H125NO3/c1-3-5-7-9-11-13-15-17-19-21-22-23-24-25-26-27-28-29-30-31-32-33-34-35-36-37-38-39-40-41-42-43-45-47-49-51-53-55-57-59-63(67)64-61(60-65)62(66)58-56-54-52-50-48-46-44-20-18-16-14-12-10-8-6-4-2/h56,58,61-62,65-66H,3-55,57,59-60H2,1-2H3,(H,64,67)/b58-56+. The second-order valence-corrected chi connectivity index (χ2v) is 21.8. The van der Waals surface area contributed by atoms with E-state index in [4.69, 9.17) is 0 Å². The summed E-state index contributed by atoms with van der Waals surface area (Å²) < 4.78 is 0. The SMILES string of the molecule is CCCCCCCCCCCCCCCC/C=C/C(O)C(CO)NC(=O)CCCCCCCCCCCCCCCCCCCCCCCCCCCCCCCCCCCCCCCCC. The average molecular weight is 945 g/mol. The topological polar surface area (TPSA) is 69.6 Å². The van der Waals surface area contributed by atoms with Crippen LogP contribution in [0.2, 0.25) is 0 Å². The molecule has 0 radical (unpaired) electrons. The second kappa shape index (κ2) is 59.4. The van der Waals surface area contributed by atoms with Crippen molar-refractivity contribution in [1.29, 1.82) is 0 Å². The lowest BCUT2D eigenvalue weighted by molar-refractivity contribution is -0.123. The highest BCUT2D eigenvalue weighted by molar-refractivity contribution is 5.76. The van der Waals surface area contributed by atoms with Crippen molar-refractivity contribution >= 4 is 5.91 Å². The highest BCUT2D eigenvalue weighted by Gasteiger charge is 2.18. The van der Waals surface area contributed by atoms with Crippen LogP contribution in [0.4, 0.5) is 0 Å². The van der Waals surface area contributed by atoms with Gasteiger partial charge in [-0.05, 0) is 19.3 Å². The van der Waals surface area contributed by atoms with E-state index in [-0.39, 0.29) is 12.5 Å². The first kappa shape index (κ1) is 66.1. The van der Waals surface area contributed by atoms with Crippen molar-refractivity contribution in [2.45, 2.75) is 379 Å². The highest BCUT2D eigenvalue weighted by Crippen LogP contribution is 2.19. The molecule has 3 N–H and O–H groups in total. The minimum Gasteiger partial charge on any atom is -0.394 e. The number of nitrogens with one attached hydrogen (secondary N) is 1. The van der Waals surface area contributed by atoms with Gasteiger partial charge in [-0.25, -0.2) is 0 Å². The molecule has 1 amide bonds. The van der Waals surface area contributed by atoms with Crippen LogP contribution in [0, 0.1) is 0 Å². The number of carbonyl (C=O) groups is 1. The average Bonchev–Trinajstić information content (AvgIpc) is 3.33. The van der Waals surface area contributed by atoms with Crippen LogP contribution in [-0.4, -0.2) is 34.9 Å². The van der Waals surface area contributed by atoms with Gasteiger partial charge < -0.3 is 15.5 Å². The molecule has 0 aliphatic carbocycles. The van der Waals surface area contributed by atoms with Crippen LogP contribution >= 0.6 is 0 Å². The maximum absolute atomic E-state index is 12.5. The quantitative estimate of drug-likeness (QED) is 0.0420. The van der Waals surface area contributed by atoms with Gasteiger partial charge in [-0.15, -0.1) is 0 Å². The number of rotatable bonds is 59. The largest absolute Gasteiger partial charge is 0.394 e. The van der Waals surface area contributed by atoms with E-state index < -0.39 is 12.1 Å². The van der Waals surface area contributed by atoms with Gasteiger partial charge in [0.05, 0.1) is 18.8 Å². The van der Waals surface area contributed by atoms with Gasteiger partial charge in [0.1, 0.15) is 0 Å². The molecule has 0 aromatic rings. The normalized spacial score (nSPS) is 12.7. The Morgan fingerprint density at radius 1 is 0.343 bits per heavy atom. The summed E-state index contributed by atoms with van der Waals surface area (Å²) in [5.41, 5.74) is 0. The van der Waals surface area contributed by atoms with Crippen LogP contribution in [-0.2, 0) is 4.79 Å². The van der Waals surface area contributed by atoms with E-state index >= 15 is 0 Å². The lowest BCUT2D eigenvalue weighted by Gasteiger charge is -2.20. The van der Waals surface area contributed by atoms with Gasteiger partial charge >= 0.3 is 0 Å². The van der Waals surface area contributed by atoms with Gasteiger partial charge in [0.2, 0.25) is 5.91 Å². The lowest BCUT2D eigenvalue weighted by Crippen LogP contribution is -2.45. The fraction of sp³-hybridized carbons (Fsp3) is 0.952. The summed E-state index contributed by atoms with van der Waals surface area (Å²) in [6, 6.07) is -0.618. The van der Waals surface area contributed by atoms with Crippen molar-refractivity contribution in [2.24, 2.45) is 0 Å². The summed E-state index contributed by atoms with van der Waals surface area (Å²) in [6.07, 6.45) is 78.5. The van der Waals surface area contributed by atoms with Gasteiger partial charge in [-0.1, -0.05) is 353 Å². The van der Waals surface area contributed by atoms with E-state index in [1.54, 1.807) is 6.08 Å². The first-order valence-electron chi connectivity index (χ1n) is 31.4. The van der Waals surface area contributed by atoms with Crippen molar-refractivity contribution < 1.29 is 15.0 Å². The molecule has 0 saturated heterocycles. The summed E-state index contributed by atoms with van der Waals surface area (Å²) in [5, 5.41) is 23.2. The Kier molecular flexibility index (Phi) is 58.7. The molecule has 4 nitrogen and oxygen atoms in total. The van der Waals surface area contributed by atoms with Crippen molar-refractivity contribution in [1.82, 2.24) is 5.32 Å². The zero-order valence-electron chi connectivity index (χ0n) is 46.2. The molecule has 0 aromatic heterocycles. The molecule has 0 heterocycles. The maximum atomic E-state index is 12.5. The molecule has 2 atom stereocenters. The number of allylic oxidation sites excluding steroid dienone is 1. The third-order valence-corrected chi connectivity index (χ3v) is 15.0. The number of unbranched alkanes of at least 4 members (excludes halogenated alkanes) is 52. The molecule has 0 rings (SSSR count). The number of hydrogen-bond donors (Lipinski definition) is 3. The summed E-state index contributed by atoms with van der Waals surface area (Å²) in [7, 11) is 0. The molecule has 0 fully saturated rings. The van der Waals surface area contributed by atoms with E-state index in [1.807, 2.05) is 6.08 Å². The maximum Gasteiger partial charge on any atom is 0.220 e. The van der Waals surface area contributed by atoms with Crippen molar-refractivity contribution in [3.05, 3.63) is 12.2 Å². The number of aliphatic hydroxyl groups excluding tert-OH is 2. The van der Waals surface area contributed by atoms with Gasteiger partial charge in [0, 0.05) is 6.42 Å². The molecule has 0 saturated carbocycles. The van der Waals surface area contributed by atoms with E-state index in [9.17, 15) is 15.0 Å². The summed E-state index contributed by atoms with van der Waals surface area (Å²) in [4.78, 5) is 12.5. The number of aliphatic hydroxyl groups is 2. The van der Waals surface area contributed by atoms with Crippen molar-refractivity contribution in [2.75, 3.05) is 6.61 Å². The molecule has 2 unspecified atom stereocenters. The van der Waals surface area contributed by atoms with Gasteiger partial charge in [0.15, 0.2) is 0 Å². The monoisotopic (exact) mass is 944 g/mol. The summed E-state index contributed by atoms with van der Waals surface area (Å²) in [5.74, 6) is -0.0555. The third-order valence-electron chi connectivity index (χ3n) is 15.0. The molecule has 0 bridgehead atoms. The van der Waals surface area contributed by atoms with Crippen molar-refractivity contribution in [3.8, 4) is 0 Å². The molecule has 0 aliphatic rings. The molecule has 0 spiro atoms. The highest BCUT2D eigenvalue weighted by atomic mass is 16.3. The summed E-state index contributed by atoms with van der Waals surface area (Å²) in [6.45, 7) is 4.35. The number of carbonyl (C=O) groups excluding carboxylic acids is 1. The molecule has 4 heteroatoms. The first-order valence-corrected chi connectivity index (χ1v) is 31.4. The Morgan fingerprint density at radius 2 is 0.552 bits per heavy atom. The van der Waals surface area contributed by atoms with Gasteiger partial charge in [-0.3, -0.25) is 4.79 Å². The molecule has 400 valence electrons. The molecular formula is C63H125NO3. The molecule has 0 aliphatic heterocycles. The minimum absolute atomic E-state index is 0.0555. The number of hydrogen-bond acceptors (Lipinski definition) is 3. The van der Waals surface area contributed by atoms with E-state index in [1.165, 1.54) is 321 Å². The fourth-order valence-corrected chi connectivity index (χ4v) is 10.2. The zero-order valence-corrected chi connectivity index (χ0v) is 46.2. The molecular weight excluding hydrogens is 819 g/mol. The predicted octanol–water partition coefficient (Wildman–Crippen LogP) is 20.9. The zero-order chi connectivity index (χ0) is 48.5. The fourth-order valence-electron chi connectivity index (χ4n) is 10.2. The van der Waals surface area contributed by atoms with Crippen LogP contribution in [0.15, 0.2) is 12.2 Å². The van der Waals surface area contributed by atoms with Crippen LogP contribution in [0.1, 0.15) is 367 Å². The minimum atomic E-state index is -0.835. The predicted molar refractivity (Wildman–Crippen MR) is 299 cm³/mol. The Hall–Kier alpha value is -0.870. The second-order valence-electron chi connectivity index (χ2n) is 21.8. The number of amides is 1. The Balaban J connectivity index is 3.34. The van der Waals surface area contributed by atoms with Gasteiger partial charge in [0.25, 0.3) is 0 Å². The smallest absolute Gasteiger partial charge is 0.220 e. The van der Waals surface area contributed by atoms with E-state index in [0.29, 0.717) is 6.42 Å². The van der Waals surface area contributed by atoms with E-state index in [2.05, 4.69) is 19.2 Å².